The van der Waals surface area contributed by atoms with E-state index in [2.05, 4.69) is 34.9 Å². The van der Waals surface area contributed by atoms with Crippen LogP contribution in [0.3, 0.4) is 0 Å². The molecule has 2 rings (SSSR count). The average Bonchev–Trinajstić information content (AvgIpc) is 2.69. The second kappa shape index (κ2) is 5.14. The van der Waals surface area contributed by atoms with Crippen LogP contribution in [0.2, 0.25) is 0 Å². The number of thiophene rings is 1. The molecule has 90 valence electrons. The van der Waals surface area contributed by atoms with Gasteiger partial charge in [-0.05, 0) is 19.4 Å². The van der Waals surface area contributed by atoms with Gasteiger partial charge in [0.05, 0.1) is 12.0 Å². The van der Waals surface area contributed by atoms with Crippen molar-refractivity contribution in [2.75, 3.05) is 19.0 Å². The summed E-state index contributed by atoms with van der Waals surface area (Å²) >= 11 is 1.64. The molecule has 0 saturated carbocycles. The van der Waals surface area contributed by atoms with E-state index >= 15 is 0 Å². The summed E-state index contributed by atoms with van der Waals surface area (Å²) < 4.78 is 5.66. The van der Waals surface area contributed by atoms with E-state index in [0.29, 0.717) is 18.4 Å². The Kier molecular flexibility index (Phi) is 3.58. The molecule has 0 bridgehead atoms. The number of aryl methyl sites for hydroxylation is 1. The Hall–Kier alpha value is -1.62. The predicted octanol–water partition coefficient (Wildman–Crippen LogP) is 3.00. The molecule has 17 heavy (non-hydrogen) atoms. The summed E-state index contributed by atoms with van der Waals surface area (Å²) in [7, 11) is 1.80. The zero-order chi connectivity index (χ0) is 12.3. The summed E-state index contributed by atoms with van der Waals surface area (Å²) in [5, 5.41) is 3.93. The zero-order valence-electron chi connectivity index (χ0n) is 9.99. The highest BCUT2D eigenvalue weighted by Gasteiger charge is 2.10. The van der Waals surface area contributed by atoms with Gasteiger partial charge in [-0.1, -0.05) is 6.08 Å². The molecule has 2 heterocycles. The Morgan fingerprint density at radius 2 is 2.35 bits per heavy atom. The first-order chi connectivity index (χ1) is 8.24. The van der Waals surface area contributed by atoms with Crippen LogP contribution in [0.4, 0.5) is 5.95 Å². The van der Waals surface area contributed by atoms with Crippen molar-refractivity contribution in [3.05, 3.63) is 23.6 Å². The van der Waals surface area contributed by atoms with Gasteiger partial charge in [-0.15, -0.1) is 17.9 Å². The molecule has 0 amide bonds. The van der Waals surface area contributed by atoms with Crippen molar-refractivity contribution >= 4 is 27.5 Å². The highest BCUT2D eigenvalue weighted by molar-refractivity contribution is 7.18. The molecule has 0 radical (unpaired) electrons. The van der Waals surface area contributed by atoms with Crippen molar-refractivity contribution in [1.82, 2.24) is 9.97 Å². The van der Waals surface area contributed by atoms with Crippen molar-refractivity contribution in [3.8, 4) is 5.88 Å². The first-order valence-corrected chi connectivity index (χ1v) is 6.26. The van der Waals surface area contributed by atoms with Crippen LogP contribution in [-0.4, -0.2) is 23.6 Å². The van der Waals surface area contributed by atoms with Crippen LogP contribution in [0.15, 0.2) is 18.7 Å². The molecule has 0 aliphatic carbocycles. The molecule has 0 aliphatic rings. The third kappa shape index (κ3) is 2.55. The van der Waals surface area contributed by atoms with Crippen LogP contribution in [0.25, 0.3) is 10.2 Å². The predicted molar refractivity (Wildman–Crippen MR) is 72.0 cm³/mol. The summed E-state index contributed by atoms with van der Waals surface area (Å²) in [6.07, 6.45) is 2.64. The Morgan fingerprint density at radius 3 is 3.06 bits per heavy atom. The average molecular weight is 249 g/mol. The minimum atomic E-state index is 0.591. The van der Waals surface area contributed by atoms with Gasteiger partial charge >= 0.3 is 0 Å². The van der Waals surface area contributed by atoms with Crippen molar-refractivity contribution in [1.29, 1.82) is 0 Å². The molecular formula is C12H15N3OS. The maximum atomic E-state index is 5.66. The molecule has 2 aromatic heterocycles. The van der Waals surface area contributed by atoms with E-state index in [1.807, 2.05) is 6.08 Å². The molecule has 0 aromatic carbocycles. The van der Waals surface area contributed by atoms with Gasteiger partial charge in [-0.2, -0.15) is 4.98 Å². The Bertz CT molecular complexity index is 536. The lowest BCUT2D eigenvalue weighted by molar-refractivity contribution is 0.317. The number of rotatable bonds is 5. The number of ether oxygens (including phenoxy) is 1. The molecule has 0 saturated heterocycles. The van der Waals surface area contributed by atoms with Crippen molar-refractivity contribution in [3.63, 3.8) is 0 Å². The van der Waals surface area contributed by atoms with Gasteiger partial charge < -0.3 is 10.1 Å². The van der Waals surface area contributed by atoms with E-state index < -0.39 is 0 Å². The van der Waals surface area contributed by atoms with Gasteiger partial charge in [0.15, 0.2) is 0 Å². The van der Waals surface area contributed by atoms with Gasteiger partial charge in [0.25, 0.3) is 0 Å². The molecule has 0 spiro atoms. The van der Waals surface area contributed by atoms with Crippen molar-refractivity contribution in [2.24, 2.45) is 0 Å². The number of hydrogen-bond acceptors (Lipinski definition) is 5. The van der Waals surface area contributed by atoms with Crippen LogP contribution in [-0.2, 0) is 0 Å². The molecule has 0 atom stereocenters. The number of anilines is 1. The van der Waals surface area contributed by atoms with E-state index in [1.54, 1.807) is 18.4 Å². The summed E-state index contributed by atoms with van der Waals surface area (Å²) in [6.45, 7) is 6.31. The molecule has 4 nitrogen and oxygen atoms in total. The smallest absolute Gasteiger partial charge is 0.227 e. The normalized spacial score (nSPS) is 10.5. The van der Waals surface area contributed by atoms with Crippen molar-refractivity contribution in [2.45, 2.75) is 13.3 Å². The lowest BCUT2D eigenvalue weighted by atomic mass is 10.3. The first kappa shape index (κ1) is 11.9. The van der Waals surface area contributed by atoms with E-state index in [1.165, 1.54) is 4.88 Å². The number of aromatic nitrogens is 2. The molecule has 0 unspecified atom stereocenters. The maximum absolute atomic E-state index is 5.66. The van der Waals surface area contributed by atoms with Gasteiger partial charge in [0, 0.05) is 11.9 Å². The second-order valence-electron chi connectivity index (χ2n) is 3.60. The zero-order valence-corrected chi connectivity index (χ0v) is 10.8. The van der Waals surface area contributed by atoms with Crippen LogP contribution < -0.4 is 10.1 Å². The van der Waals surface area contributed by atoms with Gasteiger partial charge in [-0.25, -0.2) is 4.98 Å². The van der Waals surface area contributed by atoms with E-state index in [-0.39, 0.29) is 0 Å². The highest BCUT2D eigenvalue weighted by atomic mass is 32.1. The standard InChI is InChI=1S/C12H15N3OS/c1-4-5-6-16-10-9-7-8(2)17-11(9)15-12(13-3)14-10/h4,7H,1,5-6H2,2-3H3,(H,13,14,15). The summed E-state index contributed by atoms with van der Waals surface area (Å²) in [5.74, 6) is 1.23. The maximum Gasteiger partial charge on any atom is 0.227 e. The van der Waals surface area contributed by atoms with Crippen LogP contribution in [0, 0.1) is 6.92 Å². The first-order valence-electron chi connectivity index (χ1n) is 5.44. The summed E-state index contributed by atoms with van der Waals surface area (Å²) in [6, 6.07) is 2.06. The summed E-state index contributed by atoms with van der Waals surface area (Å²) in [4.78, 5) is 10.9. The Balaban J connectivity index is 2.39. The largest absolute Gasteiger partial charge is 0.477 e. The Morgan fingerprint density at radius 1 is 1.53 bits per heavy atom. The molecular weight excluding hydrogens is 234 g/mol. The number of nitrogens with zero attached hydrogens (tertiary/aromatic N) is 2. The minimum absolute atomic E-state index is 0.591. The second-order valence-corrected chi connectivity index (χ2v) is 4.84. The SMILES string of the molecule is C=CCCOc1nc(NC)nc2sc(C)cc12. The van der Waals surface area contributed by atoms with E-state index in [0.717, 1.165) is 16.6 Å². The molecule has 1 N–H and O–H groups in total. The van der Waals surface area contributed by atoms with Crippen molar-refractivity contribution < 1.29 is 4.74 Å². The van der Waals surface area contributed by atoms with Crippen LogP contribution in [0.5, 0.6) is 5.88 Å². The molecule has 0 fully saturated rings. The van der Waals surface area contributed by atoms with E-state index in [4.69, 9.17) is 4.74 Å². The number of hydrogen-bond donors (Lipinski definition) is 1. The quantitative estimate of drug-likeness (QED) is 0.653. The van der Waals surface area contributed by atoms with Gasteiger partial charge in [-0.3, -0.25) is 0 Å². The van der Waals surface area contributed by atoms with Crippen LogP contribution >= 0.6 is 11.3 Å². The molecule has 2 aromatic rings. The third-order valence-electron chi connectivity index (χ3n) is 2.27. The number of nitrogens with one attached hydrogen (secondary N) is 1. The molecule has 5 heteroatoms. The van der Waals surface area contributed by atoms with E-state index in [9.17, 15) is 0 Å². The number of fused-ring (bicyclic) bond motifs is 1. The fourth-order valence-corrected chi connectivity index (χ4v) is 2.35. The Labute approximate surface area is 104 Å². The van der Waals surface area contributed by atoms with Gasteiger partial charge in [0.2, 0.25) is 11.8 Å². The fourth-order valence-electron chi connectivity index (χ4n) is 1.48. The lowest BCUT2D eigenvalue weighted by Gasteiger charge is -2.06. The minimum Gasteiger partial charge on any atom is -0.477 e. The third-order valence-corrected chi connectivity index (χ3v) is 3.21. The highest BCUT2D eigenvalue weighted by Crippen LogP contribution is 2.30. The topological polar surface area (TPSA) is 47.0 Å². The van der Waals surface area contributed by atoms with Crippen LogP contribution in [0.1, 0.15) is 11.3 Å². The lowest BCUT2D eigenvalue weighted by Crippen LogP contribution is -2.02. The summed E-state index contributed by atoms with van der Waals surface area (Å²) in [5.41, 5.74) is 0. The monoisotopic (exact) mass is 249 g/mol. The fraction of sp³-hybridized carbons (Fsp3) is 0.333. The molecule has 0 aliphatic heterocycles. The van der Waals surface area contributed by atoms with Gasteiger partial charge in [0.1, 0.15) is 4.83 Å².